The number of halogens is 1. The van der Waals surface area contributed by atoms with Crippen molar-refractivity contribution in [3.8, 4) is 0 Å². The average Bonchev–Trinajstić information content (AvgIpc) is 2.95. The van der Waals surface area contributed by atoms with Gasteiger partial charge in [-0.2, -0.15) is 0 Å². The molecule has 1 aromatic heterocycles. The number of hydrogen-bond acceptors (Lipinski definition) is 4. The van der Waals surface area contributed by atoms with E-state index in [-0.39, 0.29) is 12.0 Å². The second-order valence-corrected chi connectivity index (χ2v) is 5.81. The van der Waals surface area contributed by atoms with E-state index in [0.29, 0.717) is 30.3 Å². The molecule has 6 nitrogen and oxygen atoms in total. The largest absolute Gasteiger partial charge is 0.366 e. The summed E-state index contributed by atoms with van der Waals surface area (Å²) in [6.45, 7) is 3.39. The lowest BCUT2D eigenvalue weighted by molar-refractivity contribution is -0.0281. The van der Waals surface area contributed by atoms with Crippen LogP contribution in [0.25, 0.3) is 0 Å². The summed E-state index contributed by atoms with van der Waals surface area (Å²) >= 11 is 6.01. The van der Waals surface area contributed by atoms with Crippen LogP contribution in [-0.4, -0.2) is 45.3 Å². The molecule has 1 aliphatic rings. The first-order chi connectivity index (χ1) is 10.6. The number of ether oxygens (including phenoxy) is 1. The van der Waals surface area contributed by atoms with Gasteiger partial charge in [0.25, 0.3) is 5.91 Å². The SMILES string of the molecule is Cc1ccc(Cl)cc1C(=O)N1CCOC(c2nncn2C)C1. The maximum Gasteiger partial charge on any atom is 0.254 e. The van der Waals surface area contributed by atoms with Crippen LogP contribution in [0.4, 0.5) is 0 Å². The van der Waals surface area contributed by atoms with Crippen LogP contribution in [0.1, 0.15) is 27.8 Å². The Balaban J connectivity index is 1.81. The molecule has 22 heavy (non-hydrogen) atoms. The summed E-state index contributed by atoms with van der Waals surface area (Å²) in [7, 11) is 1.86. The van der Waals surface area contributed by atoms with Crippen LogP contribution in [0.15, 0.2) is 24.5 Å². The second kappa shape index (κ2) is 6.06. The van der Waals surface area contributed by atoms with Gasteiger partial charge >= 0.3 is 0 Å². The topological polar surface area (TPSA) is 60.3 Å². The van der Waals surface area contributed by atoms with E-state index in [2.05, 4.69) is 10.2 Å². The predicted octanol–water partition coefficient (Wildman–Crippen LogP) is 1.99. The molecule has 1 unspecified atom stereocenters. The van der Waals surface area contributed by atoms with E-state index in [1.807, 2.05) is 24.6 Å². The number of carbonyl (C=O) groups is 1. The number of benzene rings is 1. The molecule has 0 N–H and O–H groups in total. The third kappa shape index (κ3) is 2.84. The summed E-state index contributed by atoms with van der Waals surface area (Å²) in [5, 5.41) is 8.49. The van der Waals surface area contributed by atoms with Crippen molar-refractivity contribution in [2.45, 2.75) is 13.0 Å². The zero-order valence-corrected chi connectivity index (χ0v) is 13.2. The van der Waals surface area contributed by atoms with Crippen molar-refractivity contribution in [3.05, 3.63) is 46.5 Å². The van der Waals surface area contributed by atoms with Crippen LogP contribution in [0, 0.1) is 6.92 Å². The molecule has 0 spiro atoms. The van der Waals surface area contributed by atoms with Crippen LogP contribution in [0.2, 0.25) is 5.02 Å². The molecule has 1 aliphatic heterocycles. The maximum absolute atomic E-state index is 12.7. The van der Waals surface area contributed by atoms with Gasteiger partial charge in [-0.15, -0.1) is 10.2 Å². The third-order valence-corrected chi connectivity index (χ3v) is 4.05. The molecular formula is C15H17ClN4O2. The zero-order valence-electron chi connectivity index (χ0n) is 12.5. The molecule has 2 heterocycles. The van der Waals surface area contributed by atoms with Crippen molar-refractivity contribution in [1.29, 1.82) is 0 Å². The molecule has 1 fully saturated rings. The molecule has 0 radical (unpaired) electrons. The summed E-state index contributed by atoms with van der Waals surface area (Å²) in [5.41, 5.74) is 1.54. The highest BCUT2D eigenvalue weighted by atomic mass is 35.5. The summed E-state index contributed by atoms with van der Waals surface area (Å²) in [5.74, 6) is 0.691. The number of nitrogens with zero attached hydrogens (tertiary/aromatic N) is 4. The van der Waals surface area contributed by atoms with Crippen molar-refractivity contribution in [2.75, 3.05) is 19.7 Å². The molecule has 1 aromatic carbocycles. The van der Waals surface area contributed by atoms with E-state index in [1.54, 1.807) is 23.4 Å². The first-order valence-electron chi connectivity index (χ1n) is 7.07. The van der Waals surface area contributed by atoms with E-state index in [4.69, 9.17) is 16.3 Å². The predicted molar refractivity (Wildman–Crippen MR) is 81.8 cm³/mol. The molecule has 0 bridgehead atoms. The first-order valence-corrected chi connectivity index (χ1v) is 7.45. The molecule has 1 saturated heterocycles. The van der Waals surface area contributed by atoms with Crippen LogP contribution in [-0.2, 0) is 11.8 Å². The molecule has 2 aromatic rings. The van der Waals surface area contributed by atoms with Crippen molar-refractivity contribution in [3.63, 3.8) is 0 Å². The van der Waals surface area contributed by atoms with E-state index >= 15 is 0 Å². The maximum atomic E-state index is 12.7. The van der Waals surface area contributed by atoms with Crippen molar-refractivity contribution < 1.29 is 9.53 Å². The van der Waals surface area contributed by atoms with Gasteiger partial charge in [0.2, 0.25) is 0 Å². The van der Waals surface area contributed by atoms with E-state index in [1.165, 1.54) is 0 Å². The van der Waals surface area contributed by atoms with Crippen LogP contribution < -0.4 is 0 Å². The Kier molecular flexibility index (Phi) is 4.13. The number of hydrogen-bond donors (Lipinski definition) is 0. The Bertz CT molecular complexity index is 701. The summed E-state index contributed by atoms with van der Waals surface area (Å²) in [6, 6.07) is 5.36. The highest BCUT2D eigenvalue weighted by molar-refractivity contribution is 6.31. The van der Waals surface area contributed by atoms with Gasteiger partial charge in [-0.3, -0.25) is 4.79 Å². The van der Waals surface area contributed by atoms with Gasteiger partial charge in [-0.25, -0.2) is 0 Å². The minimum atomic E-state index is -0.260. The Morgan fingerprint density at radius 1 is 1.45 bits per heavy atom. The normalized spacial score (nSPS) is 18.5. The van der Waals surface area contributed by atoms with Crippen LogP contribution in [0.5, 0.6) is 0 Å². The summed E-state index contributed by atoms with van der Waals surface area (Å²) in [4.78, 5) is 14.5. The standard InChI is InChI=1S/C15H17ClN4O2/c1-10-3-4-11(16)7-12(10)15(21)20-5-6-22-13(8-20)14-18-17-9-19(14)2/h3-4,7,9,13H,5-6,8H2,1-2H3. The number of aromatic nitrogens is 3. The number of carbonyl (C=O) groups excluding carboxylic acids is 1. The molecule has 7 heteroatoms. The van der Waals surface area contributed by atoms with Crippen molar-refractivity contribution >= 4 is 17.5 Å². The third-order valence-electron chi connectivity index (χ3n) is 3.82. The van der Waals surface area contributed by atoms with Gasteiger partial charge < -0.3 is 14.2 Å². The van der Waals surface area contributed by atoms with Gasteiger partial charge in [0.05, 0.1) is 13.2 Å². The van der Waals surface area contributed by atoms with Crippen LogP contribution >= 0.6 is 11.6 Å². The Morgan fingerprint density at radius 3 is 3.00 bits per heavy atom. The summed E-state index contributed by atoms with van der Waals surface area (Å²) < 4.78 is 7.54. The molecular weight excluding hydrogens is 304 g/mol. The summed E-state index contributed by atoms with van der Waals surface area (Å²) in [6.07, 6.45) is 1.37. The quantitative estimate of drug-likeness (QED) is 0.849. The smallest absolute Gasteiger partial charge is 0.254 e. The lowest BCUT2D eigenvalue weighted by Crippen LogP contribution is -2.43. The van der Waals surface area contributed by atoms with Gasteiger partial charge in [0.1, 0.15) is 12.4 Å². The highest BCUT2D eigenvalue weighted by Crippen LogP contribution is 2.23. The van der Waals surface area contributed by atoms with E-state index in [0.717, 1.165) is 11.4 Å². The minimum absolute atomic E-state index is 0.0320. The fourth-order valence-electron chi connectivity index (χ4n) is 2.57. The fourth-order valence-corrected chi connectivity index (χ4v) is 2.74. The number of amides is 1. The second-order valence-electron chi connectivity index (χ2n) is 5.37. The molecule has 116 valence electrons. The number of aryl methyl sites for hydroxylation is 2. The van der Waals surface area contributed by atoms with Gasteiger partial charge in [-0.1, -0.05) is 17.7 Å². The molecule has 0 saturated carbocycles. The molecule has 1 atom stereocenters. The van der Waals surface area contributed by atoms with E-state index in [9.17, 15) is 4.79 Å². The number of morpholine rings is 1. The minimum Gasteiger partial charge on any atom is -0.366 e. The average molecular weight is 321 g/mol. The molecule has 1 amide bonds. The Hall–Kier alpha value is -1.92. The van der Waals surface area contributed by atoms with Gasteiger partial charge in [-0.05, 0) is 24.6 Å². The highest BCUT2D eigenvalue weighted by Gasteiger charge is 2.29. The van der Waals surface area contributed by atoms with Crippen molar-refractivity contribution in [1.82, 2.24) is 19.7 Å². The first kappa shape index (κ1) is 15.0. The van der Waals surface area contributed by atoms with Crippen LogP contribution in [0.3, 0.4) is 0 Å². The Labute approximate surface area is 133 Å². The monoisotopic (exact) mass is 320 g/mol. The lowest BCUT2D eigenvalue weighted by Gasteiger charge is -2.32. The number of rotatable bonds is 2. The molecule has 3 rings (SSSR count). The molecule has 0 aliphatic carbocycles. The Morgan fingerprint density at radius 2 is 2.27 bits per heavy atom. The lowest BCUT2D eigenvalue weighted by atomic mass is 10.1. The zero-order chi connectivity index (χ0) is 15.7. The van der Waals surface area contributed by atoms with Gasteiger partial charge in [0.15, 0.2) is 5.82 Å². The van der Waals surface area contributed by atoms with Gasteiger partial charge in [0, 0.05) is 24.2 Å². The van der Waals surface area contributed by atoms with Crippen molar-refractivity contribution in [2.24, 2.45) is 7.05 Å². The fraction of sp³-hybridized carbons (Fsp3) is 0.400. The van der Waals surface area contributed by atoms with E-state index < -0.39 is 0 Å².